The maximum atomic E-state index is 11.6. The monoisotopic (exact) mass is 213 g/mol. The summed E-state index contributed by atoms with van der Waals surface area (Å²) in [5.41, 5.74) is -0.802. The lowest BCUT2D eigenvalue weighted by atomic mass is 10.1. The van der Waals surface area contributed by atoms with Crippen LogP contribution in [0.2, 0.25) is 0 Å². The Morgan fingerprint density at radius 1 is 1.57 bits per heavy atom. The van der Waals surface area contributed by atoms with E-state index in [1.807, 2.05) is 0 Å². The van der Waals surface area contributed by atoms with E-state index in [2.05, 4.69) is 6.58 Å². The highest BCUT2D eigenvalue weighted by Gasteiger charge is 2.47. The van der Waals surface area contributed by atoms with E-state index in [9.17, 15) is 9.59 Å². The van der Waals surface area contributed by atoms with Crippen molar-refractivity contribution >= 4 is 29.2 Å². The fourth-order valence-corrected chi connectivity index (χ4v) is 1.40. The van der Waals surface area contributed by atoms with Gasteiger partial charge in [0.2, 0.25) is 0 Å². The number of hydrogen-bond donors (Lipinski definition) is 0. The van der Waals surface area contributed by atoms with Crippen LogP contribution < -0.4 is 0 Å². The molecule has 0 aliphatic carbocycles. The predicted molar refractivity (Wildman–Crippen MR) is 54.4 cm³/mol. The van der Waals surface area contributed by atoms with Crippen molar-refractivity contribution in [2.45, 2.75) is 26.4 Å². The SMILES string of the molecule is C=C(C)C(=O)N1C(=O)C(C)(C)OC1=S. The highest BCUT2D eigenvalue weighted by atomic mass is 32.1. The third-order valence-corrected chi connectivity index (χ3v) is 2.08. The second-order valence-electron chi connectivity index (χ2n) is 3.60. The molecule has 0 unspecified atom stereocenters. The predicted octanol–water partition coefficient (Wildman–Crippen LogP) is 1.01. The Bertz CT molecular complexity index is 346. The van der Waals surface area contributed by atoms with Crippen LogP contribution in [0, 0.1) is 0 Å². The fourth-order valence-electron chi connectivity index (χ4n) is 1.03. The second-order valence-corrected chi connectivity index (χ2v) is 3.95. The second kappa shape index (κ2) is 3.16. The number of imide groups is 1. The molecule has 0 N–H and O–H groups in total. The smallest absolute Gasteiger partial charge is 0.280 e. The molecule has 1 fully saturated rings. The Balaban J connectivity index is 3.03. The molecule has 0 saturated carbocycles. The average molecular weight is 213 g/mol. The van der Waals surface area contributed by atoms with Gasteiger partial charge in [0.1, 0.15) is 0 Å². The van der Waals surface area contributed by atoms with Gasteiger partial charge in [0.25, 0.3) is 17.0 Å². The molecular formula is C9H11NO3S. The number of amides is 2. The van der Waals surface area contributed by atoms with Crippen LogP contribution in [-0.2, 0) is 14.3 Å². The first-order chi connectivity index (χ1) is 6.27. The lowest BCUT2D eigenvalue weighted by Crippen LogP contribution is -2.40. The van der Waals surface area contributed by atoms with E-state index in [1.165, 1.54) is 6.92 Å². The molecule has 1 aliphatic heterocycles. The number of hydrogen-bond acceptors (Lipinski definition) is 4. The van der Waals surface area contributed by atoms with E-state index >= 15 is 0 Å². The molecule has 0 aromatic carbocycles. The highest BCUT2D eigenvalue weighted by Crippen LogP contribution is 2.24. The van der Waals surface area contributed by atoms with Crippen molar-refractivity contribution in [2.24, 2.45) is 0 Å². The first-order valence-electron chi connectivity index (χ1n) is 4.04. The lowest BCUT2D eigenvalue weighted by molar-refractivity contribution is -0.141. The minimum absolute atomic E-state index is 0.104. The van der Waals surface area contributed by atoms with Crippen LogP contribution in [-0.4, -0.2) is 27.5 Å². The van der Waals surface area contributed by atoms with Gasteiger partial charge in [-0.15, -0.1) is 0 Å². The van der Waals surface area contributed by atoms with Crippen LogP contribution >= 0.6 is 12.2 Å². The van der Waals surface area contributed by atoms with Crippen molar-refractivity contribution in [3.05, 3.63) is 12.2 Å². The summed E-state index contributed by atoms with van der Waals surface area (Å²) in [6, 6.07) is 0. The number of carbonyl (C=O) groups is 2. The van der Waals surface area contributed by atoms with E-state index < -0.39 is 17.4 Å². The quantitative estimate of drug-likeness (QED) is 0.482. The summed E-state index contributed by atoms with van der Waals surface area (Å²) in [7, 11) is 0. The number of carbonyl (C=O) groups excluding carboxylic acids is 2. The summed E-state index contributed by atoms with van der Waals surface area (Å²) in [4.78, 5) is 24.0. The van der Waals surface area contributed by atoms with Crippen molar-refractivity contribution in [3.63, 3.8) is 0 Å². The van der Waals surface area contributed by atoms with Gasteiger partial charge in [0.05, 0.1) is 0 Å². The molecule has 0 spiro atoms. The van der Waals surface area contributed by atoms with E-state index in [4.69, 9.17) is 17.0 Å². The van der Waals surface area contributed by atoms with E-state index in [0.717, 1.165) is 4.90 Å². The zero-order valence-electron chi connectivity index (χ0n) is 8.29. The van der Waals surface area contributed by atoms with Crippen LogP contribution in [0.25, 0.3) is 0 Å². The van der Waals surface area contributed by atoms with Gasteiger partial charge in [-0.2, -0.15) is 0 Å². The molecule has 0 aromatic heterocycles. The molecule has 1 heterocycles. The molecule has 2 amide bonds. The standard InChI is InChI=1S/C9H11NO3S/c1-5(2)6(11)10-7(12)9(3,4)13-8(10)14/h1H2,2-4H3. The summed E-state index contributed by atoms with van der Waals surface area (Å²) in [5.74, 6) is -0.957. The average Bonchev–Trinajstić information content (AvgIpc) is 2.21. The van der Waals surface area contributed by atoms with Gasteiger partial charge >= 0.3 is 0 Å². The third-order valence-electron chi connectivity index (χ3n) is 1.81. The van der Waals surface area contributed by atoms with Crippen LogP contribution in [0.1, 0.15) is 20.8 Å². The van der Waals surface area contributed by atoms with Crippen LogP contribution in [0.4, 0.5) is 0 Å². The summed E-state index contributed by atoms with van der Waals surface area (Å²) in [6.45, 7) is 8.10. The van der Waals surface area contributed by atoms with Crippen LogP contribution in [0.5, 0.6) is 0 Å². The van der Waals surface area contributed by atoms with Crippen molar-refractivity contribution < 1.29 is 14.3 Å². The Kier molecular flexibility index (Phi) is 2.45. The highest BCUT2D eigenvalue weighted by molar-refractivity contribution is 7.80. The molecule has 0 atom stereocenters. The lowest BCUT2D eigenvalue weighted by Gasteiger charge is -2.12. The van der Waals surface area contributed by atoms with E-state index in [1.54, 1.807) is 13.8 Å². The fraction of sp³-hybridized carbons (Fsp3) is 0.444. The molecule has 0 radical (unpaired) electrons. The maximum absolute atomic E-state index is 11.6. The van der Waals surface area contributed by atoms with Gasteiger partial charge in [-0.1, -0.05) is 6.58 Å². The molecule has 0 bridgehead atoms. The third kappa shape index (κ3) is 1.55. The zero-order chi connectivity index (χ0) is 11.1. The molecular weight excluding hydrogens is 202 g/mol. The van der Waals surface area contributed by atoms with Gasteiger partial charge in [-0.3, -0.25) is 9.59 Å². The summed E-state index contributed by atoms with van der Waals surface area (Å²) >= 11 is 4.78. The molecule has 4 nitrogen and oxygen atoms in total. The van der Waals surface area contributed by atoms with Crippen molar-refractivity contribution in [1.29, 1.82) is 0 Å². The van der Waals surface area contributed by atoms with Crippen LogP contribution in [0.15, 0.2) is 12.2 Å². The first-order valence-corrected chi connectivity index (χ1v) is 4.45. The van der Waals surface area contributed by atoms with Gasteiger partial charge in [-0.05, 0) is 33.0 Å². The summed E-state index contributed by atoms with van der Waals surface area (Å²) in [5, 5.41) is -0.104. The molecule has 1 saturated heterocycles. The molecule has 1 rings (SSSR count). The Morgan fingerprint density at radius 3 is 2.36 bits per heavy atom. The Hall–Kier alpha value is -1.23. The summed E-state index contributed by atoms with van der Waals surface area (Å²) < 4.78 is 5.09. The van der Waals surface area contributed by atoms with Crippen molar-refractivity contribution in [1.82, 2.24) is 4.90 Å². The minimum atomic E-state index is -1.05. The molecule has 5 heteroatoms. The topological polar surface area (TPSA) is 46.6 Å². The Morgan fingerprint density at radius 2 is 2.07 bits per heavy atom. The molecule has 76 valence electrons. The van der Waals surface area contributed by atoms with Crippen molar-refractivity contribution in [3.8, 4) is 0 Å². The van der Waals surface area contributed by atoms with E-state index in [-0.39, 0.29) is 10.7 Å². The number of nitrogens with zero attached hydrogens (tertiary/aromatic N) is 1. The van der Waals surface area contributed by atoms with Gasteiger partial charge < -0.3 is 4.74 Å². The molecule has 1 aliphatic rings. The number of rotatable bonds is 1. The van der Waals surface area contributed by atoms with Gasteiger partial charge in [-0.25, -0.2) is 4.90 Å². The van der Waals surface area contributed by atoms with Crippen molar-refractivity contribution in [2.75, 3.05) is 0 Å². The number of ether oxygens (including phenoxy) is 1. The van der Waals surface area contributed by atoms with Gasteiger partial charge in [0, 0.05) is 5.57 Å². The largest absolute Gasteiger partial charge is 0.454 e. The van der Waals surface area contributed by atoms with Crippen LogP contribution in [0.3, 0.4) is 0 Å². The van der Waals surface area contributed by atoms with E-state index in [0.29, 0.717) is 0 Å². The zero-order valence-corrected chi connectivity index (χ0v) is 9.10. The number of thiocarbonyl (C=S) groups is 1. The normalized spacial score (nSPS) is 19.5. The minimum Gasteiger partial charge on any atom is -0.454 e. The molecule has 0 aromatic rings. The van der Waals surface area contributed by atoms with Gasteiger partial charge in [0.15, 0.2) is 5.60 Å². The maximum Gasteiger partial charge on any atom is 0.280 e. The molecule has 14 heavy (non-hydrogen) atoms. The summed E-state index contributed by atoms with van der Waals surface area (Å²) in [6.07, 6.45) is 0. The Labute approximate surface area is 87.5 Å². The first kappa shape index (κ1) is 10.8.